The first-order valence-corrected chi connectivity index (χ1v) is 6.18. The Kier molecular flexibility index (Phi) is 5.12. The molecule has 0 fully saturated rings. The molecule has 0 bridgehead atoms. The number of hydrogen-bond donors (Lipinski definition) is 1. The summed E-state index contributed by atoms with van der Waals surface area (Å²) in [4.78, 5) is 5.74. The van der Waals surface area contributed by atoms with Gasteiger partial charge in [0.05, 0.1) is 5.01 Å². The van der Waals surface area contributed by atoms with Crippen molar-refractivity contribution in [1.29, 1.82) is 0 Å². The van der Waals surface area contributed by atoms with Crippen LogP contribution in [0.2, 0.25) is 0 Å². The van der Waals surface area contributed by atoms with E-state index in [1.54, 1.807) is 0 Å². The van der Waals surface area contributed by atoms with Gasteiger partial charge in [-0.1, -0.05) is 20.8 Å². The van der Waals surface area contributed by atoms with Gasteiger partial charge in [-0.15, -0.1) is 11.3 Å². The summed E-state index contributed by atoms with van der Waals surface area (Å²) in [5.74, 6) is 0.720. The molecular weight excluding hydrogens is 192 g/mol. The van der Waals surface area contributed by atoms with Crippen LogP contribution in [0.1, 0.15) is 37.1 Å². The summed E-state index contributed by atoms with van der Waals surface area (Å²) in [7, 11) is 0. The van der Waals surface area contributed by atoms with E-state index in [4.69, 9.17) is 0 Å². The molecule has 1 rings (SSSR count). The molecule has 0 amide bonds. The first-order valence-electron chi connectivity index (χ1n) is 5.36. The molecule has 0 radical (unpaired) electrons. The molecule has 1 aromatic rings. The largest absolute Gasteiger partial charge is 0.312 e. The third-order valence-corrected chi connectivity index (χ3v) is 2.97. The lowest BCUT2D eigenvalue weighted by Gasteiger charge is -2.04. The van der Waals surface area contributed by atoms with Crippen LogP contribution in [0.3, 0.4) is 0 Å². The molecular formula is C11H20N2S. The van der Waals surface area contributed by atoms with E-state index in [1.165, 1.54) is 16.3 Å². The van der Waals surface area contributed by atoms with Gasteiger partial charge in [-0.2, -0.15) is 0 Å². The zero-order valence-corrected chi connectivity index (χ0v) is 10.2. The van der Waals surface area contributed by atoms with Gasteiger partial charge in [0.2, 0.25) is 0 Å². The number of nitrogens with one attached hydrogen (secondary N) is 1. The molecule has 0 saturated carbocycles. The average Bonchev–Trinajstić information content (AvgIpc) is 2.53. The Morgan fingerprint density at radius 2 is 2.29 bits per heavy atom. The summed E-state index contributed by atoms with van der Waals surface area (Å²) in [6.07, 6.45) is 4.31. The number of thiazole rings is 1. The van der Waals surface area contributed by atoms with Crippen LogP contribution in [-0.2, 0) is 13.0 Å². The highest BCUT2D eigenvalue weighted by atomic mass is 32.1. The predicted octanol–water partition coefficient (Wildman–Crippen LogP) is 2.84. The molecule has 0 aliphatic rings. The van der Waals surface area contributed by atoms with Gasteiger partial charge < -0.3 is 5.32 Å². The Balaban J connectivity index is 2.28. The van der Waals surface area contributed by atoms with Gasteiger partial charge in [0.15, 0.2) is 0 Å². The summed E-state index contributed by atoms with van der Waals surface area (Å²) in [5, 5.41) is 4.70. The van der Waals surface area contributed by atoms with Crippen molar-refractivity contribution in [3.63, 3.8) is 0 Å². The van der Waals surface area contributed by atoms with Crippen LogP contribution in [0, 0.1) is 5.92 Å². The Bertz CT molecular complexity index is 256. The Morgan fingerprint density at radius 1 is 1.50 bits per heavy atom. The second-order valence-corrected chi connectivity index (χ2v) is 5.19. The van der Waals surface area contributed by atoms with E-state index in [2.05, 4.69) is 31.1 Å². The molecule has 0 aliphatic heterocycles. The number of aromatic nitrogens is 1. The highest BCUT2D eigenvalue weighted by Crippen LogP contribution is 2.14. The molecule has 0 saturated heterocycles. The first-order chi connectivity index (χ1) is 6.72. The van der Waals surface area contributed by atoms with E-state index in [9.17, 15) is 0 Å². The van der Waals surface area contributed by atoms with Crippen molar-refractivity contribution in [2.24, 2.45) is 5.92 Å². The monoisotopic (exact) mass is 212 g/mol. The normalized spacial score (nSPS) is 11.1. The maximum absolute atomic E-state index is 4.38. The highest BCUT2D eigenvalue weighted by Gasteiger charge is 2.00. The third kappa shape index (κ3) is 4.20. The van der Waals surface area contributed by atoms with Crippen LogP contribution in [0.25, 0.3) is 0 Å². The van der Waals surface area contributed by atoms with Crippen molar-refractivity contribution in [3.05, 3.63) is 16.1 Å². The molecule has 2 nitrogen and oxygen atoms in total. The van der Waals surface area contributed by atoms with Crippen molar-refractivity contribution in [2.45, 2.75) is 40.2 Å². The second kappa shape index (κ2) is 6.14. The van der Waals surface area contributed by atoms with E-state index >= 15 is 0 Å². The predicted molar refractivity (Wildman–Crippen MR) is 62.7 cm³/mol. The molecule has 1 aromatic heterocycles. The smallest absolute Gasteiger partial charge is 0.0928 e. The lowest BCUT2D eigenvalue weighted by Crippen LogP contribution is -2.18. The molecule has 0 unspecified atom stereocenters. The fourth-order valence-electron chi connectivity index (χ4n) is 1.24. The minimum absolute atomic E-state index is 0.720. The van der Waals surface area contributed by atoms with Gasteiger partial charge in [-0.25, -0.2) is 4.98 Å². The first kappa shape index (κ1) is 11.7. The van der Waals surface area contributed by atoms with Crippen LogP contribution < -0.4 is 5.32 Å². The minimum atomic E-state index is 0.720. The maximum atomic E-state index is 4.38. The molecule has 3 heteroatoms. The van der Waals surface area contributed by atoms with Crippen LogP contribution in [0.4, 0.5) is 0 Å². The number of aryl methyl sites for hydroxylation is 1. The van der Waals surface area contributed by atoms with Crippen LogP contribution in [0.5, 0.6) is 0 Å². The molecule has 0 aromatic carbocycles. The lowest BCUT2D eigenvalue weighted by molar-refractivity contribution is 0.554. The van der Waals surface area contributed by atoms with E-state index in [-0.39, 0.29) is 0 Å². The number of nitrogens with zero attached hydrogens (tertiary/aromatic N) is 1. The van der Waals surface area contributed by atoms with Crippen molar-refractivity contribution >= 4 is 11.3 Å². The summed E-state index contributed by atoms with van der Waals surface area (Å²) in [6.45, 7) is 8.70. The molecule has 80 valence electrons. The van der Waals surface area contributed by atoms with Crippen LogP contribution in [0.15, 0.2) is 6.20 Å². The van der Waals surface area contributed by atoms with E-state index in [0.29, 0.717) is 0 Å². The van der Waals surface area contributed by atoms with Crippen LogP contribution >= 0.6 is 11.3 Å². The van der Waals surface area contributed by atoms with Gasteiger partial charge in [-0.05, 0) is 25.3 Å². The van der Waals surface area contributed by atoms with Crippen molar-refractivity contribution in [3.8, 4) is 0 Å². The number of hydrogen-bond acceptors (Lipinski definition) is 3. The SMILES string of the molecule is CCCc1ncc(CNCC(C)C)s1. The van der Waals surface area contributed by atoms with E-state index in [1.807, 2.05) is 17.5 Å². The molecule has 0 atom stereocenters. The van der Waals surface area contributed by atoms with Gasteiger partial charge in [0.25, 0.3) is 0 Å². The third-order valence-electron chi connectivity index (χ3n) is 1.92. The molecule has 1 heterocycles. The van der Waals surface area contributed by atoms with Crippen molar-refractivity contribution in [1.82, 2.24) is 10.3 Å². The summed E-state index contributed by atoms with van der Waals surface area (Å²) < 4.78 is 0. The lowest BCUT2D eigenvalue weighted by atomic mass is 10.2. The average molecular weight is 212 g/mol. The molecule has 0 spiro atoms. The number of rotatable bonds is 6. The van der Waals surface area contributed by atoms with Crippen molar-refractivity contribution in [2.75, 3.05) is 6.54 Å². The molecule has 1 N–H and O–H groups in total. The summed E-state index contributed by atoms with van der Waals surface area (Å²) >= 11 is 1.84. The quantitative estimate of drug-likeness (QED) is 0.784. The summed E-state index contributed by atoms with van der Waals surface area (Å²) in [5.41, 5.74) is 0. The zero-order chi connectivity index (χ0) is 10.4. The molecule has 0 aliphatic carbocycles. The van der Waals surface area contributed by atoms with E-state index < -0.39 is 0 Å². The highest BCUT2D eigenvalue weighted by molar-refractivity contribution is 7.11. The second-order valence-electron chi connectivity index (χ2n) is 4.00. The topological polar surface area (TPSA) is 24.9 Å². The Labute approximate surface area is 90.8 Å². The van der Waals surface area contributed by atoms with Crippen molar-refractivity contribution < 1.29 is 0 Å². The van der Waals surface area contributed by atoms with Gasteiger partial charge in [-0.3, -0.25) is 0 Å². The van der Waals surface area contributed by atoms with Gasteiger partial charge >= 0.3 is 0 Å². The Hall–Kier alpha value is -0.410. The van der Waals surface area contributed by atoms with Gasteiger partial charge in [0.1, 0.15) is 0 Å². The van der Waals surface area contributed by atoms with Crippen LogP contribution in [-0.4, -0.2) is 11.5 Å². The zero-order valence-electron chi connectivity index (χ0n) is 9.34. The fourth-order valence-corrected chi connectivity index (χ4v) is 2.24. The van der Waals surface area contributed by atoms with E-state index in [0.717, 1.165) is 25.4 Å². The maximum Gasteiger partial charge on any atom is 0.0928 e. The minimum Gasteiger partial charge on any atom is -0.312 e. The van der Waals surface area contributed by atoms with Gasteiger partial charge in [0, 0.05) is 17.6 Å². The Morgan fingerprint density at radius 3 is 2.93 bits per heavy atom. The molecule has 14 heavy (non-hydrogen) atoms. The fraction of sp³-hybridized carbons (Fsp3) is 0.727. The standard InChI is InChI=1S/C11H20N2S/c1-4-5-11-13-8-10(14-11)7-12-6-9(2)3/h8-9,12H,4-7H2,1-3H3. The summed E-state index contributed by atoms with van der Waals surface area (Å²) in [6, 6.07) is 0.